The van der Waals surface area contributed by atoms with Gasteiger partial charge in [-0.2, -0.15) is 0 Å². The van der Waals surface area contributed by atoms with Crippen molar-refractivity contribution in [1.82, 2.24) is 0 Å². The van der Waals surface area contributed by atoms with Crippen LogP contribution >= 0.6 is 0 Å². The molecule has 0 saturated heterocycles. The van der Waals surface area contributed by atoms with E-state index in [2.05, 4.69) is 0 Å². The normalized spacial score (nSPS) is 10.8. The van der Waals surface area contributed by atoms with Gasteiger partial charge in [-0.05, 0) is 85.0 Å². The number of hydrogen-bond acceptors (Lipinski definition) is 5. The Morgan fingerprint density at radius 3 is 1.41 bits per heavy atom. The van der Waals surface area contributed by atoms with Crippen LogP contribution in [0.1, 0.15) is 27.0 Å². The Balaban J connectivity index is 2.38. The maximum atomic E-state index is 11.5. The van der Waals surface area contributed by atoms with Gasteiger partial charge < -0.3 is 20.4 Å². The summed E-state index contributed by atoms with van der Waals surface area (Å²) >= 11 is 0. The van der Waals surface area contributed by atoms with Gasteiger partial charge in [0.15, 0.2) is 23.0 Å². The van der Waals surface area contributed by atoms with Gasteiger partial charge in [0, 0.05) is 16.7 Å². The first-order chi connectivity index (χ1) is 12.7. The number of phenols is 4. The van der Waals surface area contributed by atoms with Crippen LogP contribution < -0.4 is 0 Å². The van der Waals surface area contributed by atoms with E-state index in [4.69, 9.17) is 0 Å². The van der Waals surface area contributed by atoms with Crippen LogP contribution in [0.25, 0.3) is 22.3 Å². The highest BCUT2D eigenvalue weighted by atomic mass is 16.3. The largest absolute Gasteiger partial charge is 0.504 e. The van der Waals surface area contributed by atoms with E-state index in [0.29, 0.717) is 39.7 Å². The minimum absolute atomic E-state index is 0.251. The summed E-state index contributed by atoms with van der Waals surface area (Å²) in [4.78, 5) is 11.5. The van der Waals surface area contributed by atoms with Crippen molar-refractivity contribution in [3.05, 3.63) is 58.7 Å². The topological polar surface area (TPSA) is 98.0 Å². The summed E-state index contributed by atoms with van der Waals surface area (Å²) in [6.45, 7) is 5.36. The minimum atomic E-state index is -0.283. The summed E-state index contributed by atoms with van der Waals surface area (Å²) in [5.41, 5.74) is 4.37. The van der Waals surface area contributed by atoms with E-state index in [1.54, 1.807) is 45.0 Å². The van der Waals surface area contributed by atoms with Crippen LogP contribution in [0, 0.1) is 20.8 Å². The molecule has 0 aliphatic carbocycles. The molecule has 0 fully saturated rings. The van der Waals surface area contributed by atoms with E-state index in [1.807, 2.05) is 0 Å². The molecule has 0 atom stereocenters. The maximum absolute atomic E-state index is 11.5. The molecule has 5 heteroatoms. The van der Waals surface area contributed by atoms with Gasteiger partial charge in [-0.15, -0.1) is 0 Å². The Morgan fingerprint density at radius 2 is 1.04 bits per heavy atom. The lowest BCUT2D eigenvalue weighted by molar-refractivity contribution is 0.112. The number of aromatic hydroxyl groups is 4. The Hall–Kier alpha value is -3.47. The van der Waals surface area contributed by atoms with Crippen molar-refractivity contribution in [2.45, 2.75) is 20.8 Å². The van der Waals surface area contributed by atoms with Gasteiger partial charge in [-0.1, -0.05) is 0 Å². The van der Waals surface area contributed by atoms with Gasteiger partial charge in [-0.3, -0.25) is 4.79 Å². The molecular weight excluding hydrogens is 344 g/mol. The van der Waals surface area contributed by atoms with E-state index in [-0.39, 0.29) is 23.0 Å². The molecule has 0 unspecified atom stereocenters. The number of benzene rings is 3. The Bertz CT molecular complexity index is 988. The molecule has 3 aromatic rings. The van der Waals surface area contributed by atoms with E-state index in [0.717, 1.165) is 11.1 Å². The van der Waals surface area contributed by atoms with Crippen LogP contribution in [0.5, 0.6) is 23.0 Å². The molecule has 0 aromatic heterocycles. The Labute approximate surface area is 156 Å². The molecule has 4 N–H and O–H groups in total. The first-order valence-electron chi connectivity index (χ1n) is 8.38. The number of phenolic OH excluding ortho intramolecular Hbond substituents is 4. The van der Waals surface area contributed by atoms with E-state index in [1.165, 1.54) is 12.1 Å². The fourth-order valence-corrected chi connectivity index (χ4v) is 3.29. The maximum Gasteiger partial charge on any atom is 0.165 e. The number of aldehydes is 1. The highest BCUT2D eigenvalue weighted by molar-refractivity contribution is 5.90. The average Bonchev–Trinajstić information content (AvgIpc) is 2.61. The van der Waals surface area contributed by atoms with Crippen molar-refractivity contribution in [2.75, 3.05) is 0 Å². The van der Waals surface area contributed by atoms with E-state index < -0.39 is 0 Å². The van der Waals surface area contributed by atoms with Gasteiger partial charge in [0.1, 0.15) is 6.29 Å². The number of carbonyl (C=O) groups is 1. The minimum Gasteiger partial charge on any atom is -0.504 e. The average molecular weight is 364 g/mol. The van der Waals surface area contributed by atoms with Gasteiger partial charge in [0.25, 0.3) is 0 Å². The van der Waals surface area contributed by atoms with Crippen molar-refractivity contribution < 1.29 is 25.2 Å². The van der Waals surface area contributed by atoms with Crippen LogP contribution in [0.3, 0.4) is 0 Å². The second-order valence-electron chi connectivity index (χ2n) is 6.72. The quantitative estimate of drug-likeness (QED) is 0.403. The monoisotopic (exact) mass is 364 g/mol. The van der Waals surface area contributed by atoms with Crippen LogP contribution in [0.2, 0.25) is 0 Å². The van der Waals surface area contributed by atoms with Crippen LogP contribution in [-0.4, -0.2) is 26.7 Å². The van der Waals surface area contributed by atoms with E-state index >= 15 is 0 Å². The summed E-state index contributed by atoms with van der Waals surface area (Å²) in [6, 6.07) is 9.55. The third-order valence-electron chi connectivity index (χ3n) is 4.61. The lowest BCUT2D eigenvalue weighted by Crippen LogP contribution is -1.95. The molecule has 138 valence electrons. The third kappa shape index (κ3) is 3.19. The number of hydrogen-bond donors (Lipinski definition) is 4. The highest BCUT2D eigenvalue weighted by Gasteiger charge is 2.19. The number of aryl methyl sites for hydroxylation is 2. The Morgan fingerprint density at radius 1 is 0.630 bits per heavy atom. The zero-order valence-corrected chi connectivity index (χ0v) is 15.2. The molecule has 0 aliphatic heterocycles. The van der Waals surface area contributed by atoms with Crippen molar-refractivity contribution in [3.8, 4) is 45.3 Å². The lowest BCUT2D eigenvalue weighted by atomic mass is 9.88. The van der Waals surface area contributed by atoms with Gasteiger partial charge in [0.2, 0.25) is 0 Å². The first kappa shape index (κ1) is 18.3. The third-order valence-corrected chi connectivity index (χ3v) is 4.61. The predicted molar refractivity (Wildman–Crippen MR) is 104 cm³/mol. The summed E-state index contributed by atoms with van der Waals surface area (Å²) in [7, 11) is 0. The fraction of sp³-hybridized carbons (Fsp3) is 0.136. The fourth-order valence-electron chi connectivity index (χ4n) is 3.29. The molecule has 5 nitrogen and oxygen atoms in total. The second-order valence-corrected chi connectivity index (χ2v) is 6.72. The zero-order chi connectivity index (χ0) is 19.9. The molecule has 0 radical (unpaired) electrons. The van der Waals surface area contributed by atoms with Gasteiger partial charge in [0.05, 0.1) is 0 Å². The molecule has 0 bridgehead atoms. The van der Waals surface area contributed by atoms with Crippen LogP contribution in [0.15, 0.2) is 36.4 Å². The molecular formula is C22H20O5. The highest BCUT2D eigenvalue weighted by Crippen LogP contribution is 2.44. The van der Waals surface area contributed by atoms with Gasteiger partial charge in [-0.25, -0.2) is 0 Å². The first-order valence-corrected chi connectivity index (χ1v) is 8.38. The van der Waals surface area contributed by atoms with E-state index in [9.17, 15) is 25.2 Å². The molecule has 3 rings (SSSR count). The number of rotatable bonds is 3. The van der Waals surface area contributed by atoms with Gasteiger partial charge >= 0.3 is 0 Å². The second kappa shape index (κ2) is 6.68. The SMILES string of the molecule is Cc1cc(O)c(O)c(-c2cc(C=O)cc(-c3cc(C)cc(O)c3O)c2C)c1. The van der Waals surface area contributed by atoms with Crippen molar-refractivity contribution >= 4 is 6.29 Å². The zero-order valence-electron chi connectivity index (χ0n) is 15.2. The standard InChI is InChI=1S/C22H20O5/c1-11-4-17(21(26)19(24)6-11)15-8-14(10-23)9-16(13(15)3)18-5-12(2)7-20(25)22(18)27/h4-10,24-27H,1-3H3. The smallest absolute Gasteiger partial charge is 0.165 e. The van der Waals surface area contributed by atoms with Crippen molar-refractivity contribution in [1.29, 1.82) is 0 Å². The van der Waals surface area contributed by atoms with Crippen molar-refractivity contribution in [3.63, 3.8) is 0 Å². The molecule has 3 aromatic carbocycles. The number of carbonyl (C=O) groups excluding carboxylic acids is 1. The molecule has 0 saturated carbocycles. The van der Waals surface area contributed by atoms with Crippen molar-refractivity contribution in [2.24, 2.45) is 0 Å². The lowest BCUT2D eigenvalue weighted by Gasteiger charge is -2.17. The summed E-state index contributed by atoms with van der Waals surface area (Å²) in [6.07, 6.45) is 0.672. The molecule has 0 heterocycles. The molecule has 0 aliphatic rings. The predicted octanol–water partition coefficient (Wildman–Crippen LogP) is 4.58. The molecule has 0 amide bonds. The Kier molecular flexibility index (Phi) is 4.54. The van der Waals surface area contributed by atoms with Crippen LogP contribution in [-0.2, 0) is 0 Å². The molecule has 27 heavy (non-hydrogen) atoms. The summed E-state index contributed by atoms with van der Waals surface area (Å²) in [5.74, 6) is -1.07. The summed E-state index contributed by atoms with van der Waals surface area (Å²) in [5, 5.41) is 40.6. The molecule has 0 spiro atoms. The van der Waals surface area contributed by atoms with Crippen LogP contribution in [0.4, 0.5) is 0 Å². The summed E-state index contributed by atoms with van der Waals surface area (Å²) < 4.78 is 0.